The van der Waals surface area contributed by atoms with Gasteiger partial charge in [-0.1, -0.05) is 12.5 Å². The number of aliphatic hydroxyl groups excluding tert-OH is 1. The number of phenols is 1. The maximum atomic E-state index is 14.7. The molecule has 0 radical (unpaired) electrons. The summed E-state index contributed by atoms with van der Waals surface area (Å²) >= 11 is 1.47. The van der Waals surface area contributed by atoms with Crippen molar-refractivity contribution in [2.45, 2.75) is 87.3 Å². The number of ether oxygens (including phenoxy) is 6. The van der Waals surface area contributed by atoms with E-state index in [1.54, 1.807) is 19.2 Å². The van der Waals surface area contributed by atoms with Gasteiger partial charge in [0.05, 0.1) is 30.5 Å². The maximum Gasteiger partial charge on any atom is 0.331 e. The highest BCUT2D eigenvalue weighted by Gasteiger charge is 2.62. The number of nitrogens with zero attached hydrogens (tertiary/aromatic N) is 2. The molecule has 3 N–H and O–H groups in total. The molecule has 2 aromatic rings. The van der Waals surface area contributed by atoms with Crippen molar-refractivity contribution in [2.24, 2.45) is 5.92 Å². The van der Waals surface area contributed by atoms with E-state index in [0.29, 0.717) is 70.9 Å². The molecular weight excluding hydrogens is 719 g/mol. The number of hydrogen-bond donors (Lipinski definition) is 3. The second-order valence-corrected chi connectivity index (χ2v) is 16.6. The van der Waals surface area contributed by atoms with Gasteiger partial charge in [-0.25, -0.2) is 4.79 Å². The van der Waals surface area contributed by atoms with Gasteiger partial charge in [-0.05, 0) is 62.4 Å². The van der Waals surface area contributed by atoms with E-state index < -0.39 is 53.2 Å². The summed E-state index contributed by atoms with van der Waals surface area (Å²) in [5.41, 5.74) is 3.70. The number of methoxy groups -OCH3 is 2. The van der Waals surface area contributed by atoms with Gasteiger partial charge in [-0.2, -0.15) is 0 Å². The number of piperazine rings is 1. The molecule has 7 aliphatic heterocycles. The van der Waals surface area contributed by atoms with Crippen LogP contribution in [0.25, 0.3) is 0 Å². The summed E-state index contributed by atoms with van der Waals surface area (Å²) in [5.74, 6) is 0.454. The number of fused-ring (bicyclic) bond motifs is 8. The topological polar surface area (TPSA) is 166 Å². The number of ketones is 1. The summed E-state index contributed by atoms with van der Waals surface area (Å²) in [6.07, 6.45) is 0.0949. The summed E-state index contributed by atoms with van der Waals surface area (Å²) < 4.78 is 36.0. The molecule has 4 unspecified atom stereocenters. The largest absolute Gasteiger partial charge is 0.504 e. The Morgan fingerprint density at radius 2 is 1.89 bits per heavy atom. The monoisotopic (exact) mass is 763 g/mol. The van der Waals surface area contributed by atoms with Gasteiger partial charge in [0, 0.05) is 54.6 Å². The standard InChI is InChI=1S/C39H45N3O11S/c1-16-9-20-10-22-37(46)42-23-13-50-38(47)39(21-12-25(48-5)24(44)11-19(21)7-8-40-39)14-54-36(30(42)29(41(22)4)26(20)31(45)32(16)49-6)28-27(23)35-34(51-15-52-35)17(2)33(28)53-18(3)43/h11-12,16,22-23,29-30,32,36-37,40,44,46H,7-10,13-15H2,1-6H3/t16?,22?,23-,29?,30+,32?,36+,37-,39-/m0/s1. The Hall–Kier alpha value is -3.86. The molecule has 2 fully saturated rings. The first-order valence-corrected chi connectivity index (χ1v) is 19.5. The minimum atomic E-state index is -1.36. The summed E-state index contributed by atoms with van der Waals surface area (Å²) in [6.45, 7) is 5.40. The van der Waals surface area contributed by atoms with Crippen LogP contribution in [-0.4, -0.2) is 115 Å². The van der Waals surface area contributed by atoms with Crippen molar-refractivity contribution in [2.75, 3.05) is 47.0 Å². The molecule has 1 spiro atoms. The van der Waals surface area contributed by atoms with Gasteiger partial charge < -0.3 is 38.6 Å². The fourth-order valence-electron chi connectivity index (χ4n) is 10.5. The summed E-state index contributed by atoms with van der Waals surface area (Å²) in [4.78, 5) is 46.3. The van der Waals surface area contributed by atoms with Crippen molar-refractivity contribution < 1.29 is 53.0 Å². The third-order valence-electron chi connectivity index (χ3n) is 12.8. The summed E-state index contributed by atoms with van der Waals surface area (Å²) in [6, 6.07) is 1.14. The SMILES string of the molecule is COc1cc2c(cc1O)CCN[C@@]21CS[C@@H]2c3c(OC(C)=O)c(C)c4c(c3[C@H](COC1=O)N1[C@@H]2C2C3=C(CC(C)C(OC)C3=O)CC([C@@H]1O)N2C)OCO4. The fraction of sp³-hybridized carbons (Fsp3) is 0.564. The van der Waals surface area contributed by atoms with Crippen molar-refractivity contribution in [3.05, 3.63) is 51.1 Å². The van der Waals surface area contributed by atoms with Crippen LogP contribution < -0.4 is 24.3 Å². The quantitative estimate of drug-likeness (QED) is 0.309. The molecule has 14 nitrogen and oxygen atoms in total. The van der Waals surface area contributed by atoms with E-state index in [4.69, 9.17) is 28.4 Å². The van der Waals surface area contributed by atoms with Gasteiger partial charge in [0.25, 0.3) is 0 Å². The molecule has 2 aromatic carbocycles. The number of aromatic hydroxyl groups is 1. The molecule has 4 bridgehead atoms. The van der Waals surface area contributed by atoms with Crippen LogP contribution in [0.1, 0.15) is 65.8 Å². The molecule has 10 rings (SSSR count). The normalized spacial score (nSPS) is 34.1. The zero-order valence-corrected chi connectivity index (χ0v) is 31.9. The Morgan fingerprint density at radius 3 is 2.63 bits per heavy atom. The molecule has 1 aliphatic carbocycles. The molecule has 7 heterocycles. The number of hydrogen-bond acceptors (Lipinski definition) is 15. The molecular formula is C39H45N3O11S. The Labute approximate surface area is 317 Å². The number of nitrogens with one attached hydrogen (secondary N) is 1. The molecule has 9 atom stereocenters. The van der Waals surface area contributed by atoms with E-state index in [2.05, 4.69) is 10.2 Å². The molecule has 15 heteroatoms. The highest BCUT2D eigenvalue weighted by molar-refractivity contribution is 7.99. The molecule has 288 valence electrons. The Bertz CT molecular complexity index is 2020. The van der Waals surface area contributed by atoms with Crippen LogP contribution >= 0.6 is 11.8 Å². The van der Waals surface area contributed by atoms with Crippen LogP contribution in [0, 0.1) is 12.8 Å². The van der Waals surface area contributed by atoms with Crippen molar-refractivity contribution in [1.82, 2.24) is 15.1 Å². The lowest BCUT2D eigenvalue weighted by molar-refractivity contribution is -0.182. The van der Waals surface area contributed by atoms with Crippen LogP contribution in [0.3, 0.4) is 0 Å². The van der Waals surface area contributed by atoms with E-state index in [1.807, 2.05) is 25.8 Å². The van der Waals surface area contributed by atoms with Gasteiger partial charge >= 0.3 is 11.9 Å². The lowest BCUT2D eigenvalue weighted by Gasteiger charge is -2.63. The minimum Gasteiger partial charge on any atom is -0.504 e. The smallest absolute Gasteiger partial charge is 0.331 e. The van der Waals surface area contributed by atoms with Crippen LogP contribution in [0.5, 0.6) is 28.7 Å². The average molecular weight is 764 g/mol. The fourth-order valence-corrected chi connectivity index (χ4v) is 12.2. The molecule has 0 amide bonds. The van der Waals surface area contributed by atoms with Gasteiger partial charge in [0.1, 0.15) is 24.7 Å². The van der Waals surface area contributed by atoms with Crippen LogP contribution in [0.4, 0.5) is 0 Å². The number of thioether (sulfide) groups is 1. The highest BCUT2D eigenvalue weighted by atomic mass is 32.2. The Kier molecular flexibility index (Phi) is 8.52. The zero-order valence-electron chi connectivity index (χ0n) is 31.1. The number of carbonyl (C=O) groups is 3. The number of aliphatic hydroxyl groups is 1. The van der Waals surface area contributed by atoms with E-state index in [9.17, 15) is 24.6 Å². The third-order valence-corrected chi connectivity index (χ3v) is 14.2. The van der Waals surface area contributed by atoms with E-state index in [0.717, 1.165) is 11.1 Å². The lowest BCUT2D eigenvalue weighted by atomic mass is 9.68. The van der Waals surface area contributed by atoms with Crippen molar-refractivity contribution in [3.63, 3.8) is 0 Å². The first-order valence-electron chi connectivity index (χ1n) is 18.5. The van der Waals surface area contributed by atoms with Crippen molar-refractivity contribution >= 4 is 29.5 Å². The van der Waals surface area contributed by atoms with Crippen LogP contribution in [0.15, 0.2) is 23.3 Å². The molecule has 0 aromatic heterocycles. The molecule has 8 aliphatic rings. The minimum absolute atomic E-state index is 0.0219. The van der Waals surface area contributed by atoms with Crippen LogP contribution in [0.2, 0.25) is 0 Å². The highest BCUT2D eigenvalue weighted by Crippen LogP contribution is 2.63. The molecule has 0 saturated carbocycles. The number of Topliss-reactive ketones (excluding diaryl/α,β-unsaturated/α-hetero) is 1. The van der Waals surface area contributed by atoms with Crippen molar-refractivity contribution in [1.29, 1.82) is 0 Å². The van der Waals surface area contributed by atoms with Gasteiger partial charge in [-0.15, -0.1) is 11.8 Å². The van der Waals surface area contributed by atoms with E-state index in [-0.39, 0.29) is 48.4 Å². The van der Waals surface area contributed by atoms with E-state index >= 15 is 0 Å². The van der Waals surface area contributed by atoms with E-state index in [1.165, 1.54) is 25.8 Å². The predicted molar refractivity (Wildman–Crippen MR) is 194 cm³/mol. The number of rotatable bonds is 3. The van der Waals surface area contributed by atoms with Gasteiger partial charge in [0.2, 0.25) is 6.79 Å². The zero-order chi connectivity index (χ0) is 38.0. The number of phenolic OH excluding ortho intramolecular Hbond substituents is 1. The second kappa shape index (κ2) is 12.8. The average Bonchev–Trinajstić information content (AvgIpc) is 3.63. The number of carbonyl (C=O) groups excluding carboxylic acids is 3. The Morgan fingerprint density at radius 1 is 1.11 bits per heavy atom. The third kappa shape index (κ3) is 4.87. The molecule has 2 saturated heterocycles. The first kappa shape index (κ1) is 35.8. The van der Waals surface area contributed by atoms with Gasteiger partial charge in [0.15, 0.2) is 34.3 Å². The number of likely N-dealkylation sites (N-methyl/N-ethyl adjacent to an activating group) is 1. The number of esters is 2. The number of benzene rings is 2. The molecule has 54 heavy (non-hydrogen) atoms. The summed E-state index contributed by atoms with van der Waals surface area (Å²) in [5, 5.41) is 26.2. The van der Waals surface area contributed by atoms with Crippen molar-refractivity contribution in [3.8, 4) is 28.7 Å². The van der Waals surface area contributed by atoms with Crippen LogP contribution in [-0.2, 0) is 35.8 Å². The predicted octanol–water partition coefficient (Wildman–Crippen LogP) is 2.79. The first-order chi connectivity index (χ1) is 25.9. The Balaban J connectivity index is 1.30. The maximum absolute atomic E-state index is 14.7. The second-order valence-electron chi connectivity index (χ2n) is 15.5. The lowest BCUT2D eigenvalue weighted by Crippen LogP contribution is -2.73. The summed E-state index contributed by atoms with van der Waals surface area (Å²) in [7, 11) is 5.00. The van der Waals surface area contributed by atoms with Gasteiger partial charge in [-0.3, -0.25) is 24.7 Å².